The number of nitrogens with zero attached hydrogens (tertiary/aromatic N) is 5. The fraction of sp³-hybridized carbons (Fsp3) is 0.370. The summed E-state index contributed by atoms with van der Waals surface area (Å²) in [6, 6.07) is 13.0. The van der Waals surface area contributed by atoms with Gasteiger partial charge in [-0.3, -0.25) is 14.9 Å². The minimum atomic E-state index is 0.589. The van der Waals surface area contributed by atoms with Crippen molar-refractivity contribution in [2.24, 2.45) is 0 Å². The van der Waals surface area contributed by atoms with E-state index < -0.39 is 0 Å². The van der Waals surface area contributed by atoms with Gasteiger partial charge >= 0.3 is 0 Å². The van der Waals surface area contributed by atoms with Crippen molar-refractivity contribution in [1.29, 1.82) is 0 Å². The molecule has 1 N–H and O–H groups in total. The van der Waals surface area contributed by atoms with E-state index in [1.807, 2.05) is 18.2 Å². The fourth-order valence-electron chi connectivity index (χ4n) is 5.85. The van der Waals surface area contributed by atoms with Gasteiger partial charge in [0.1, 0.15) is 5.52 Å². The van der Waals surface area contributed by atoms with Crippen molar-refractivity contribution in [3.8, 4) is 0 Å². The Labute approximate surface area is 194 Å². The number of fused-ring (bicyclic) bond motifs is 2. The number of aromatic amines is 1. The molecular weight excluding hydrogens is 408 g/mol. The molecule has 2 aromatic carbocycles. The lowest BCUT2D eigenvalue weighted by molar-refractivity contribution is 0.141. The van der Waals surface area contributed by atoms with Crippen molar-refractivity contribution < 1.29 is 0 Å². The Morgan fingerprint density at radius 3 is 2.58 bits per heavy atom. The standard InChI is InChI=1S/C27H28N6/c1-28-20-7-10-24-22(17-20)23(18-31-24)19-5-8-21(9-6-19)32-13-15-33(16-14-32)26-4-2-3-25-27(26)30-12-11-29-25/h2-4,7,10-12,17-19,21,31H,5-6,8-9,13-16H2. The summed E-state index contributed by atoms with van der Waals surface area (Å²) < 4.78 is 0. The first kappa shape index (κ1) is 20.2. The molecule has 0 unspecified atom stereocenters. The molecule has 4 aromatic rings. The summed E-state index contributed by atoms with van der Waals surface area (Å²) in [5, 5.41) is 1.23. The minimum absolute atomic E-state index is 0.589. The van der Waals surface area contributed by atoms with E-state index in [1.54, 1.807) is 12.4 Å². The Morgan fingerprint density at radius 2 is 1.76 bits per heavy atom. The van der Waals surface area contributed by atoms with Gasteiger partial charge in [-0.2, -0.15) is 0 Å². The summed E-state index contributed by atoms with van der Waals surface area (Å²) in [7, 11) is 0. The van der Waals surface area contributed by atoms with Crippen LogP contribution in [0.15, 0.2) is 55.0 Å². The monoisotopic (exact) mass is 436 g/mol. The third-order valence-corrected chi connectivity index (χ3v) is 7.61. The number of para-hydroxylation sites is 1. The lowest BCUT2D eigenvalue weighted by Gasteiger charge is -2.42. The molecule has 3 heterocycles. The predicted molar refractivity (Wildman–Crippen MR) is 133 cm³/mol. The first-order chi connectivity index (χ1) is 16.3. The third-order valence-electron chi connectivity index (χ3n) is 7.61. The van der Waals surface area contributed by atoms with Gasteiger partial charge in [0.25, 0.3) is 0 Å². The van der Waals surface area contributed by atoms with E-state index in [2.05, 4.69) is 54.0 Å². The molecule has 166 valence electrons. The minimum Gasteiger partial charge on any atom is -0.367 e. The lowest BCUT2D eigenvalue weighted by Crippen LogP contribution is -2.51. The topological polar surface area (TPSA) is 52.4 Å². The molecule has 6 rings (SSSR count). The summed E-state index contributed by atoms with van der Waals surface area (Å²) in [6.45, 7) is 11.6. The molecule has 2 aromatic heterocycles. The lowest BCUT2D eigenvalue weighted by atomic mass is 9.81. The van der Waals surface area contributed by atoms with Crippen molar-refractivity contribution in [2.75, 3.05) is 31.1 Å². The number of aromatic nitrogens is 3. The van der Waals surface area contributed by atoms with Crippen molar-refractivity contribution >= 4 is 33.3 Å². The van der Waals surface area contributed by atoms with E-state index in [4.69, 9.17) is 6.57 Å². The van der Waals surface area contributed by atoms with Crippen LogP contribution in [0.5, 0.6) is 0 Å². The smallest absolute Gasteiger partial charge is 0.187 e. The number of hydrogen-bond acceptors (Lipinski definition) is 4. The van der Waals surface area contributed by atoms with Gasteiger partial charge in [0.2, 0.25) is 0 Å². The number of nitrogens with one attached hydrogen (secondary N) is 1. The highest BCUT2D eigenvalue weighted by Gasteiger charge is 2.30. The van der Waals surface area contributed by atoms with Crippen LogP contribution in [0.3, 0.4) is 0 Å². The van der Waals surface area contributed by atoms with Gasteiger partial charge in [0, 0.05) is 56.3 Å². The number of anilines is 1. The maximum Gasteiger partial charge on any atom is 0.187 e. The van der Waals surface area contributed by atoms with Crippen molar-refractivity contribution in [1.82, 2.24) is 19.9 Å². The highest BCUT2D eigenvalue weighted by atomic mass is 15.3. The molecule has 1 saturated heterocycles. The quantitative estimate of drug-likeness (QED) is 0.430. The van der Waals surface area contributed by atoms with Crippen molar-refractivity contribution in [3.05, 3.63) is 72.0 Å². The van der Waals surface area contributed by atoms with Crippen LogP contribution >= 0.6 is 0 Å². The van der Waals surface area contributed by atoms with Crippen molar-refractivity contribution in [3.63, 3.8) is 0 Å². The molecule has 6 heteroatoms. The summed E-state index contributed by atoms with van der Waals surface area (Å²) in [4.78, 5) is 21.3. The van der Waals surface area contributed by atoms with E-state index in [0.717, 1.165) is 48.4 Å². The average molecular weight is 437 g/mol. The number of rotatable bonds is 3. The first-order valence-corrected chi connectivity index (χ1v) is 12.0. The zero-order chi connectivity index (χ0) is 22.2. The van der Waals surface area contributed by atoms with E-state index in [1.165, 1.54) is 42.3 Å². The SMILES string of the molecule is [C-]#[N+]c1ccc2[nH]cc(C3CCC(N4CCN(c5cccc6nccnc56)CC4)CC3)c2c1. The van der Waals surface area contributed by atoms with Crippen molar-refractivity contribution in [2.45, 2.75) is 37.6 Å². The summed E-state index contributed by atoms with van der Waals surface area (Å²) in [6.07, 6.45) is 10.7. The first-order valence-electron chi connectivity index (χ1n) is 12.0. The molecule has 0 amide bonds. The van der Waals surface area contributed by atoms with Gasteiger partial charge < -0.3 is 9.88 Å². The number of benzene rings is 2. The summed E-state index contributed by atoms with van der Waals surface area (Å²) in [5.74, 6) is 0.589. The maximum atomic E-state index is 7.33. The molecule has 0 radical (unpaired) electrons. The van der Waals surface area contributed by atoms with Crippen LogP contribution in [-0.2, 0) is 0 Å². The Balaban J connectivity index is 1.10. The van der Waals surface area contributed by atoms with E-state index in [-0.39, 0.29) is 0 Å². The number of piperazine rings is 1. The Bertz CT molecular complexity index is 1310. The largest absolute Gasteiger partial charge is 0.367 e. The predicted octanol–water partition coefficient (Wildman–Crippen LogP) is 5.51. The molecule has 0 spiro atoms. The maximum absolute atomic E-state index is 7.33. The fourth-order valence-corrected chi connectivity index (χ4v) is 5.85. The van der Waals surface area contributed by atoms with Gasteiger partial charge in [-0.15, -0.1) is 0 Å². The highest BCUT2D eigenvalue weighted by Crippen LogP contribution is 2.39. The highest BCUT2D eigenvalue weighted by molar-refractivity contribution is 5.88. The second kappa shape index (κ2) is 8.49. The zero-order valence-corrected chi connectivity index (χ0v) is 18.7. The number of hydrogen-bond donors (Lipinski definition) is 1. The Kier molecular flexibility index (Phi) is 5.20. The van der Waals surface area contributed by atoms with E-state index >= 15 is 0 Å². The molecule has 1 aliphatic carbocycles. The zero-order valence-electron chi connectivity index (χ0n) is 18.7. The molecule has 1 saturated carbocycles. The molecular formula is C27H28N6. The molecule has 33 heavy (non-hydrogen) atoms. The van der Waals surface area contributed by atoms with Crippen LogP contribution in [0.4, 0.5) is 11.4 Å². The molecule has 2 fully saturated rings. The van der Waals surface area contributed by atoms with E-state index in [9.17, 15) is 0 Å². The van der Waals surface area contributed by atoms with Crippen LogP contribution in [0.25, 0.3) is 26.8 Å². The summed E-state index contributed by atoms with van der Waals surface area (Å²) in [5.41, 5.74) is 6.46. The second-order valence-corrected chi connectivity index (χ2v) is 9.32. The number of H-pyrrole nitrogens is 1. The Morgan fingerprint density at radius 1 is 0.939 bits per heavy atom. The molecule has 6 nitrogen and oxygen atoms in total. The summed E-state index contributed by atoms with van der Waals surface area (Å²) >= 11 is 0. The van der Waals surface area contributed by atoms with Crippen LogP contribution in [0.2, 0.25) is 0 Å². The molecule has 2 aliphatic rings. The third kappa shape index (κ3) is 3.73. The van der Waals surface area contributed by atoms with Crippen LogP contribution in [-0.4, -0.2) is 52.1 Å². The Hall–Kier alpha value is -3.43. The van der Waals surface area contributed by atoms with Crippen LogP contribution < -0.4 is 4.90 Å². The van der Waals surface area contributed by atoms with Gasteiger partial charge in [-0.05, 0) is 66.8 Å². The normalized spacial score (nSPS) is 22.0. The van der Waals surface area contributed by atoms with E-state index in [0.29, 0.717) is 12.0 Å². The van der Waals surface area contributed by atoms with Gasteiger partial charge in [0.15, 0.2) is 5.69 Å². The van der Waals surface area contributed by atoms with Gasteiger partial charge in [-0.1, -0.05) is 12.1 Å². The van der Waals surface area contributed by atoms with Gasteiger partial charge in [-0.25, -0.2) is 4.85 Å². The molecule has 0 bridgehead atoms. The van der Waals surface area contributed by atoms with Crippen LogP contribution in [0.1, 0.15) is 37.2 Å². The molecule has 0 atom stereocenters. The van der Waals surface area contributed by atoms with Crippen LogP contribution in [0, 0.1) is 6.57 Å². The molecule has 1 aliphatic heterocycles. The van der Waals surface area contributed by atoms with Gasteiger partial charge in [0.05, 0.1) is 17.8 Å². The average Bonchev–Trinajstić information content (AvgIpc) is 3.32. The second-order valence-electron chi connectivity index (χ2n) is 9.32.